The molecule has 0 aliphatic heterocycles. The summed E-state index contributed by atoms with van der Waals surface area (Å²) in [5.74, 6) is 1.37. The van der Waals surface area contributed by atoms with Crippen LogP contribution in [0, 0.1) is 17.8 Å². The highest BCUT2D eigenvalue weighted by atomic mass is 16.1. The van der Waals surface area contributed by atoms with Gasteiger partial charge in [-0.3, -0.25) is 4.79 Å². The van der Waals surface area contributed by atoms with Gasteiger partial charge in [0.2, 0.25) is 5.91 Å². The lowest BCUT2D eigenvalue weighted by Crippen LogP contribution is -2.62. The predicted octanol–water partition coefficient (Wildman–Crippen LogP) is 2.04. The van der Waals surface area contributed by atoms with Gasteiger partial charge in [0.25, 0.3) is 0 Å². The average Bonchev–Trinajstić information content (AvgIpc) is 3.22. The minimum atomic E-state index is -0.471. The van der Waals surface area contributed by atoms with Crippen molar-refractivity contribution in [1.82, 2.24) is 5.32 Å². The minimum Gasteiger partial charge on any atom is -0.368 e. The van der Waals surface area contributed by atoms with Crippen molar-refractivity contribution in [2.75, 3.05) is 6.54 Å². The van der Waals surface area contributed by atoms with Gasteiger partial charge in [-0.2, -0.15) is 0 Å². The average molecular weight is 284 g/mol. The Morgan fingerprint density at radius 2 is 1.67 bits per heavy atom. The van der Waals surface area contributed by atoms with E-state index in [1.54, 1.807) is 0 Å². The van der Waals surface area contributed by atoms with Gasteiger partial charge in [-0.15, -0.1) is 0 Å². The van der Waals surface area contributed by atoms with E-state index in [9.17, 15) is 4.79 Å². The first kappa shape index (κ1) is 13.3. The van der Waals surface area contributed by atoms with Crippen molar-refractivity contribution in [3.63, 3.8) is 0 Å². The van der Waals surface area contributed by atoms with Crippen LogP contribution in [0.4, 0.5) is 0 Å². The van der Waals surface area contributed by atoms with Crippen LogP contribution < -0.4 is 11.1 Å². The molecule has 3 aliphatic rings. The van der Waals surface area contributed by atoms with Crippen LogP contribution in [0.15, 0.2) is 24.3 Å². The fourth-order valence-electron chi connectivity index (χ4n) is 4.62. The van der Waals surface area contributed by atoms with Crippen molar-refractivity contribution in [2.45, 2.75) is 44.1 Å². The number of rotatable bonds is 4. The summed E-state index contributed by atoms with van der Waals surface area (Å²) in [5, 5.41) is 3.66. The van der Waals surface area contributed by atoms with E-state index < -0.39 is 5.54 Å². The van der Waals surface area contributed by atoms with Gasteiger partial charge in [0, 0.05) is 0 Å². The van der Waals surface area contributed by atoms with Crippen LogP contribution in [0.1, 0.15) is 36.8 Å². The van der Waals surface area contributed by atoms with Gasteiger partial charge in [-0.1, -0.05) is 24.3 Å². The lowest BCUT2D eigenvalue weighted by atomic mass is 9.78. The van der Waals surface area contributed by atoms with Gasteiger partial charge in [0.05, 0.1) is 0 Å². The van der Waals surface area contributed by atoms with Gasteiger partial charge >= 0.3 is 0 Å². The van der Waals surface area contributed by atoms with Crippen molar-refractivity contribution in [2.24, 2.45) is 23.5 Å². The number of amides is 1. The first-order valence-electron chi connectivity index (χ1n) is 8.32. The third kappa shape index (κ3) is 2.10. The molecule has 2 fully saturated rings. The van der Waals surface area contributed by atoms with Crippen LogP contribution in [0.2, 0.25) is 0 Å². The summed E-state index contributed by atoms with van der Waals surface area (Å²) in [6.45, 7) is 0.965. The van der Waals surface area contributed by atoms with Crippen LogP contribution in [-0.4, -0.2) is 18.0 Å². The molecule has 1 aromatic rings. The second-order valence-electron chi connectivity index (χ2n) is 7.21. The second-order valence-corrected chi connectivity index (χ2v) is 7.21. The number of nitrogens with one attached hydrogen (secondary N) is 1. The Hall–Kier alpha value is -1.35. The number of hydrogen-bond acceptors (Lipinski definition) is 2. The lowest BCUT2D eigenvalue weighted by molar-refractivity contribution is -0.127. The summed E-state index contributed by atoms with van der Waals surface area (Å²) in [7, 11) is 0. The fourth-order valence-corrected chi connectivity index (χ4v) is 4.62. The molecule has 112 valence electrons. The molecular weight excluding hydrogens is 260 g/mol. The number of nitrogens with two attached hydrogens (primary N) is 1. The highest BCUT2D eigenvalue weighted by Crippen LogP contribution is 2.47. The molecule has 2 bridgehead atoms. The zero-order valence-electron chi connectivity index (χ0n) is 12.5. The Balaban J connectivity index is 1.69. The first-order valence-corrected chi connectivity index (χ1v) is 8.32. The van der Waals surface area contributed by atoms with Gasteiger partial charge in [0.1, 0.15) is 5.54 Å². The molecule has 3 aliphatic carbocycles. The standard InChI is InChI=1S/C18H24N2O/c19-17(21)18(20-11-12-5-6-12)15-7-8-16(18)10-14-4-2-1-3-13(14)9-15/h1-4,12,15-16,20H,5-11H2,(H2,19,21). The summed E-state index contributed by atoms with van der Waals surface area (Å²) in [4.78, 5) is 12.4. The van der Waals surface area contributed by atoms with E-state index in [0.29, 0.717) is 11.8 Å². The molecule has 2 atom stereocenters. The third-order valence-corrected chi connectivity index (χ3v) is 5.99. The van der Waals surface area contributed by atoms with E-state index in [1.807, 2.05) is 0 Å². The minimum absolute atomic E-state index is 0.122. The fraction of sp³-hybridized carbons (Fsp3) is 0.611. The van der Waals surface area contributed by atoms with Crippen molar-refractivity contribution in [3.8, 4) is 0 Å². The summed E-state index contributed by atoms with van der Waals surface area (Å²) >= 11 is 0. The SMILES string of the molecule is NC(=O)C1(NCC2CC2)C2CCC1Cc1ccccc1C2. The number of fused-ring (bicyclic) bond motifs is 3. The van der Waals surface area contributed by atoms with Crippen LogP contribution in [-0.2, 0) is 17.6 Å². The third-order valence-electron chi connectivity index (χ3n) is 5.99. The molecular formula is C18H24N2O. The number of hydrogen-bond donors (Lipinski definition) is 2. The Kier molecular flexibility index (Phi) is 3.07. The predicted molar refractivity (Wildman–Crippen MR) is 82.7 cm³/mol. The molecule has 3 N–H and O–H groups in total. The molecule has 0 heterocycles. The first-order chi connectivity index (χ1) is 10.2. The smallest absolute Gasteiger partial charge is 0.238 e. The largest absolute Gasteiger partial charge is 0.368 e. The Morgan fingerprint density at radius 1 is 1.10 bits per heavy atom. The molecule has 0 radical (unpaired) electrons. The summed E-state index contributed by atoms with van der Waals surface area (Å²) in [5.41, 5.74) is 8.30. The Morgan fingerprint density at radius 3 is 2.14 bits per heavy atom. The summed E-state index contributed by atoms with van der Waals surface area (Å²) in [6.07, 6.45) is 6.84. The van der Waals surface area contributed by atoms with E-state index in [0.717, 1.165) is 38.1 Å². The number of carbonyl (C=O) groups excluding carboxylic acids is 1. The number of carbonyl (C=O) groups is 1. The molecule has 1 amide bonds. The van der Waals surface area contributed by atoms with Gasteiger partial charge in [0.15, 0.2) is 0 Å². The normalized spacial score (nSPS) is 34.3. The van der Waals surface area contributed by atoms with Crippen molar-refractivity contribution >= 4 is 5.91 Å². The Labute approximate surface area is 126 Å². The van der Waals surface area contributed by atoms with E-state index >= 15 is 0 Å². The van der Waals surface area contributed by atoms with Crippen LogP contribution >= 0.6 is 0 Å². The molecule has 0 spiro atoms. The van der Waals surface area contributed by atoms with Crippen LogP contribution in [0.5, 0.6) is 0 Å². The Bertz CT molecular complexity index is 531. The van der Waals surface area contributed by atoms with Gasteiger partial charge in [-0.25, -0.2) is 0 Å². The maximum atomic E-state index is 12.4. The maximum Gasteiger partial charge on any atom is 0.238 e. The zero-order chi connectivity index (χ0) is 14.4. The highest BCUT2D eigenvalue weighted by Gasteiger charge is 2.55. The van der Waals surface area contributed by atoms with Crippen LogP contribution in [0.25, 0.3) is 0 Å². The zero-order valence-corrected chi connectivity index (χ0v) is 12.5. The molecule has 21 heavy (non-hydrogen) atoms. The lowest BCUT2D eigenvalue weighted by Gasteiger charge is -2.37. The van der Waals surface area contributed by atoms with E-state index in [2.05, 4.69) is 29.6 Å². The quantitative estimate of drug-likeness (QED) is 0.889. The maximum absolute atomic E-state index is 12.4. The van der Waals surface area contributed by atoms with Crippen molar-refractivity contribution < 1.29 is 4.79 Å². The molecule has 4 rings (SSSR count). The monoisotopic (exact) mass is 284 g/mol. The number of benzene rings is 1. The van der Waals surface area contributed by atoms with E-state index in [1.165, 1.54) is 24.0 Å². The molecule has 1 aromatic carbocycles. The van der Waals surface area contributed by atoms with E-state index in [-0.39, 0.29) is 5.91 Å². The summed E-state index contributed by atoms with van der Waals surface area (Å²) in [6, 6.07) is 8.67. The van der Waals surface area contributed by atoms with E-state index in [4.69, 9.17) is 5.73 Å². The molecule has 2 saturated carbocycles. The van der Waals surface area contributed by atoms with Gasteiger partial charge < -0.3 is 11.1 Å². The topological polar surface area (TPSA) is 55.1 Å². The van der Waals surface area contributed by atoms with Crippen molar-refractivity contribution in [3.05, 3.63) is 35.4 Å². The second kappa shape index (κ2) is 4.84. The number of primary amides is 1. The highest BCUT2D eigenvalue weighted by molar-refractivity contribution is 5.86. The molecule has 0 aromatic heterocycles. The molecule has 0 saturated heterocycles. The molecule has 3 heteroatoms. The van der Waals surface area contributed by atoms with Gasteiger partial charge in [-0.05, 0) is 74.0 Å². The summed E-state index contributed by atoms with van der Waals surface area (Å²) < 4.78 is 0. The molecule has 3 nitrogen and oxygen atoms in total. The molecule has 2 unspecified atom stereocenters. The van der Waals surface area contributed by atoms with Crippen molar-refractivity contribution in [1.29, 1.82) is 0 Å². The van der Waals surface area contributed by atoms with Crippen LogP contribution in [0.3, 0.4) is 0 Å².